The molecule has 0 amide bonds. The highest BCUT2D eigenvalue weighted by Crippen LogP contribution is 1.93. The first-order valence-electron chi connectivity index (χ1n) is 3.51. The number of hydrogen-bond donors (Lipinski definition) is 2. The van der Waals surface area contributed by atoms with E-state index in [4.69, 9.17) is 5.73 Å². The molecule has 58 valence electrons. The standard InChI is InChI=1S/C8H16N2/c1-4-8(5-9)10-6-7(2)3/h5-6,10H,4,9H2,1-3H3/b8-5-. The molecule has 0 aromatic rings. The molecule has 0 saturated heterocycles. The predicted molar refractivity (Wildman–Crippen MR) is 45.1 cm³/mol. The fourth-order valence-corrected chi connectivity index (χ4v) is 0.505. The summed E-state index contributed by atoms with van der Waals surface area (Å²) in [6, 6.07) is 0. The third-order valence-corrected chi connectivity index (χ3v) is 1.13. The largest absolute Gasteiger partial charge is 0.403 e. The zero-order chi connectivity index (χ0) is 7.98. The van der Waals surface area contributed by atoms with Crippen molar-refractivity contribution < 1.29 is 0 Å². The summed E-state index contributed by atoms with van der Waals surface area (Å²) in [7, 11) is 0. The molecule has 0 heterocycles. The van der Waals surface area contributed by atoms with Crippen molar-refractivity contribution in [3.8, 4) is 0 Å². The highest BCUT2D eigenvalue weighted by atomic mass is 14.9. The predicted octanol–water partition coefficient (Wildman–Crippen LogP) is 1.71. The minimum atomic E-state index is 0.945. The van der Waals surface area contributed by atoms with Crippen molar-refractivity contribution >= 4 is 0 Å². The number of hydrogen-bond acceptors (Lipinski definition) is 2. The van der Waals surface area contributed by atoms with Gasteiger partial charge in [-0.15, -0.1) is 0 Å². The van der Waals surface area contributed by atoms with E-state index in [0.717, 1.165) is 12.1 Å². The monoisotopic (exact) mass is 140 g/mol. The zero-order valence-electron chi connectivity index (χ0n) is 6.94. The van der Waals surface area contributed by atoms with Gasteiger partial charge in [0.1, 0.15) is 0 Å². The number of nitrogens with one attached hydrogen (secondary N) is 1. The summed E-state index contributed by atoms with van der Waals surface area (Å²) < 4.78 is 0. The van der Waals surface area contributed by atoms with Gasteiger partial charge in [-0.05, 0) is 26.5 Å². The molecular formula is C8H16N2. The van der Waals surface area contributed by atoms with Gasteiger partial charge in [-0.1, -0.05) is 12.5 Å². The number of allylic oxidation sites excluding steroid dienone is 2. The first kappa shape index (κ1) is 9.08. The lowest BCUT2D eigenvalue weighted by Gasteiger charge is -2.02. The molecule has 0 aliphatic heterocycles. The van der Waals surface area contributed by atoms with Crippen molar-refractivity contribution in [2.24, 2.45) is 5.73 Å². The normalized spacial score (nSPS) is 10.9. The van der Waals surface area contributed by atoms with Crippen LogP contribution in [0.2, 0.25) is 0 Å². The minimum Gasteiger partial charge on any atom is -0.403 e. The summed E-state index contributed by atoms with van der Waals surface area (Å²) in [4.78, 5) is 0. The van der Waals surface area contributed by atoms with Crippen molar-refractivity contribution in [3.63, 3.8) is 0 Å². The second-order valence-corrected chi connectivity index (χ2v) is 2.41. The van der Waals surface area contributed by atoms with Crippen LogP contribution in [0.5, 0.6) is 0 Å². The summed E-state index contributed by atoms with van der Waals surface area (Å²) in [5, 5.41) is 3.09. The molecule has 0 bridgehead atoms. The van der Waals surface area contributed by atoms with Crippen LogP contribution in [-0.4, -0.2) is 0 Å². The van der Waals surface area contributed by atoms with E-state index in [0.29, 0.717) is 0 Å². The lowest BCUT2D eigenvalue weighted by molar-refractivity contribution is 0.926. The Hall–Kier alpha value is -0.920. The third-order valence-electron chi connectivity index (χ3n) is 1.13. The van der Waals surface area contributed by atoms with E-state index < -0.39 is 0 Å². The van der Waals surface area contributed by atoms with E-state index in [2.05, 4.69) is 12.2 Å². The van der Waals surface area contributed by atoms with Crippen LogP contribution >= 0.6 is 0 Å². The Balaban J connectivity index is 3.78. The van der Waals surface area contributed by atoms with Gasteiger partial charge in [0.25, 0.3) is 0 Å². The van der Waals surface area contributed by atoms with Crippen LogP contribution in [0.15, 0.2) is 23.7 Å². The van der Waals surface area contributed by atoms with Gasteiger partial charge in [-0.25, -0.2) is 0 Å². The second kappa shape index (κ2) is 4.91. The van der Waals surface area contributed by atoms with E-state index in [1.54, 1.807) is 6.20 Å². The molecule has 0 atom stereocenters. The van der Waals surface area contributed by atoms with Crippen LogP contribution in [0.25, 0.3) is 0 Å². The van der Waals surface area contributed by atoms with E-state index in [-0.39, 0.29) is 0 Å². The van der Waals surface area contributed by atoms with Gasteiger partial charge in [0.05, 0.1) is 0 Å². The Morgan fingerprint density at radius 2 is 2.10 bits per heavy atom. The Morgan fingerprint density at radius 3 is 2.40 bits per heavy atom. The van der Waals surface area contributed by atoms with Crippen LogP contribution in [0.1, 0.15) is 27.2 Å². The van der Waals surface area contributed by atoms with Gasteiger partial charge in [0.2, 0.25) is 0 Å². The Morgan fingerprint density at radius 1 is 1.50 bits per heavy atom. The van der Waals surface area contributed by atoms with Crippen molar-refractivity contribution in [2.75, 3.05) is 0 Å². The Bertz CT molecular complexity index is 141. The summed E-state index contributed by atoms with van der Waals surface area (Å²) in [6.07, 6.45) is 4.49. The van der Waals surface area contributed by atoms with E-state index >= 15 is 0 Å². The third kappa shape index (κ3) is 4.01. The van der Waals surface area contributed by atoms with Crippen LogP contribution in [-0.2, 0) is 0 Å². The second-order valence-electron chi connectivity index (χ2n) is 2.41. The zero-order valence-corrected chi connectivity index (χ0v) is 6.94. The quantitative estimate of drug-likeness (QED) is 0.626. The topological polar surface area (TPSA) is 38.0 Å². The van der Waals surface area contributed by atoms with Gasteiger partial charge in [-0.3, -0.25) is 0 Å². The van der Waals surface area contributed by atoms with E-state index in [1.165, 1.54) is 5.57 Å². The summed E-state index contributed by atoms with van der Waals surface area (Å²) in [6.45, 7) is 6.14. The molecule has 0 unspecified atom stereocenters. The SMILES string of the molecule is CC/C(=C/N)NC=C(C)C. The molecule has 0 fully saturated rings. The molecule has 0 aliphatic carbocycles. The lowest BCUT2D eigenvalue weighted by atomic mass is 10.3. The van der Waals surface area contributed by atoms with E-state index in [1.807, 2.05) is 20.0 Å². The molecule has 2 nitrogen and oxygen atoms in total. The molecule has 3 N–H and O–H groups in total. The fraction of sp³-hybridized carbons (Fsp3) is 0.500. The maximum absolute atomic E-state index is 5.32. The smallest absolute Gasteiger partial charge is 0.0301 e. The molecular weight excluding hydrogens is 124 g/mol. The average Bonchev–Trinajstić information content (AvgIpc) is 1.90. The summed E-state index contributed by atoms with van der Waals surface area (Å²) >= 11 is 0. The molecule has 0 aromatic heterocycles. The van der Waals surface area contributed by atoms with Crippen LogP contribution in [0, 0.1) is 0 Å². The molecule has 0 spiro atoms. The molecule has 0 aliphatic rings. The molecule has 10 heavy (non-hydrogen) atoms. The maximum atomic E-state index is 5.32. The van der Waals surface area contributed by atoms with Crippen LogP contribution in [0.3, 0.4) is 0 Å². The molecule has 2 heteroatoms. The van der Waals surface area contributed by atoms with Gasteiger partial charge in [0.15, 0.2) is 0 Å². The summed E-state index contributed by atoms with van der Waals surface area (Å²) in [5.41, 5.74) is 7.62. The minimum absolute atomic E-state index is 0.945. The van der Waals surface area contributed by atoms with Gasteiger partial charge < -0.3 is 11.1 Å². The average molecular weight is 140 g/mol. The van der Waals surface area contributed by atoms with E-state index in [9.17, 15) is 0 Å². The first-order valence-corrected chi connectivity index (χ1v) is 3.51. The number of nitrogens with two attached hydrogens (primary N) is 1. The molecule has 0 radical (unpaired) electrons. The number of rotatable bonds is 3. The van der Waals surface area contributed by atoms with Crippen molar-refractivity contribution in [1.29, 1.82) is 0 Å². The lowest BCUT2D eigenvalue weighted by Crippen LogP contribution is -2.06. The van der Waals surface area contributed by atoms with Gasteiger partial charge >= 0.3 is 0 Å². The fourth-order valence-electron chi connectivity index (χ4n) is 0.505. The summed E-state index contributed by atoms with van der Waals surface area (Å²) in [5.74, 6) is 0. The maximum Gasteiger partial charge on any atom is 0.0301 e. The highest BCUT2D eigenvalue weighted by molar-refractivity contribution is 5.03. The highest BCUT2D eigenvalue weighted by Gasteiger charge is 1.85. The van der Waals surface area contributed by atoms with Crippen molar-refractivity contribution in [2.45, 2.75) is 27.2 Å². The molecule has 0 aromatic carbocycles. The van der Waals surface area contributed by atoms with Gasteiger partial charge in [0, 0.05) is 11.9 Å². The van der Waals surface area contributed by atoms with Crippen LogP contribution < -0.4 is 11.1 Å². The Kier molecular flexibility index (Phi) is 4.46. The van der Waals surface area contributed by atoms with Crippen LogP contribution in [0.4, 0.5) is 0 Å². The van der Waals surface area contributed by atoms with Crippen molar-refractivity contribution in [1.82, 2.24) is 5.32 Å². The molecule has 0 rings (SSSR count). The first-order chi connectivity index (χ1) is 4.70. The van der Waals surface area contributed by atoms with Gasteiger partial charge in [-0.2, -0.15) is 0 Å². The molecule has 0 saturated carbocycles. The Labute approximate surface area is 62.8 Å². The van der Waals surface area contributed by atoms with Crippen molar-refractivity contribution in [3.05, 3.63) is 23.7 Å².